The molecule has 2 nitrogen and oxygen atoms in total. The fourth-order valence-corrected chi connectivity index (χ4v) is 1.08. The Labute approximate surface area is 79.7 Å². The van der Waals surface area contributed by atoms with E-state index in [2.05, 4.69) is 5.32 Å². The number of hydrogen-bond acceptors (Lipinski definition) is 1. The minimum Gasteiger partial charge on any atom is -0.356 e. The zero-order chi connectivity index (χ0) is 9.40. The number of nitrogens with one attached hydrogen (secondary N) is 1. The van der Waals surface area contributed by atoms with E-state index in [1.807, 2.05) is 13.8 Å². The van der Waals surface area contributed by atoms with Crippen LogP contribution in [0.15, 0.2) is 0 Å². The van der Waals surface area contributed by atoms with Gasteiger partial charge in [0.15, 0.2) is 0 Å². The normalized spacial score (nSPS) is 12.6. The molecule has 1 amide bonds. The van der Waals surface area contributed by atoms with Crippen molar-refractivity contribution in [2.75, 3.05) is 6.54 Å². The Hall–Kier alpha value is -0.240. The van der Waals surface area contributed by atoms with Gasteiger partial charge in [0.25, 0.3) is 0 Å². The van der Waals surface area contributed by atoms with Gasteiger partial charge >= 0.3 is 0 Å². The Morgan fingerprint density at radius 1 is 1.58 bits per heavy atom. The van der Waals surface area contributed by atoms with Crippen molar-refractivity contribution in [1.82, 2.24) is 5.32 Å². The smallest absolute Gasteiger partial charge is 0.219 e. The minimum absolute atomic E-state index is 0.153. The summed E-state index contributed by atoms with van der Waals surface area (Å²) in [6.07, 6.45) is 3.49. The predicted octanol–water partition coefficient (Wildman–Crippen LogP) is 2.31. The van der Waals surface area contributed by atoms with Gasteiger partial charge in [0, 0.05) is 18.3 Å². The predicted molar refractivity (Wildman–Crippen MR) is 52.5 cm³/mol. The first-order valence-electron chi connectivity index (χ1n) is 4.57. The molecule has 0 aliphatic carbocycles. The van der Waals surface area contributed by atoms with E-state index in [1.54, 1.807) is 0 Å². The number of hydrogen-bond donors (Lipinski definition) is 1. The van der Waals surface area contributed by atoms with Crippen LogP contribution in [-0.4, -0.2) is 17.8 Å². The van der Waals surface area contributed by atoms with E-state index in [0.717, 1.165) is 25.8 Å². The van der Waals surface area contributed by atoms with Crippen molar-refractivity contribution in [2.24, 2.45) is 0 Å². The van der Waals surface area contributed by atoms with Gasteiger partial charge in [-0.15, -0.1) is 11.6 Å². The first-order valence-corrected chi connectivity index (χ1v) is 5.01. The first kappa shape index (κ1) is 11.8. The molecule has 0 saturated carbocycles. The lowest BCUT2D eigenvalue weighted by Crippen LogP contribution is -2.24. The number of carbonyl (C=O) groups is 1. The van der Waals surface area contributed by atoms with Crippen molar-refractivity contribution in [2.45, 2.75) is 44.9 Å². The minimum atomic E-state index is 0.153. The van der Waals surface area contributed by atoms with Crippen LogP contribution in [0.3, 0.4) is 0 Å². The van der Waals surface area contributed by atoms with E-state index >= 15 is 0 Å². The molecule has 0 bridgehead atoms. The fourth-order valence-electron chi connectivity index (χ4n) is 0.927. The SMILES string of the molecule is CCCC(=O)NCCCC(C)Cl. The van der Waals surface area contributed by atoms with Gasteiger partial charge < -0.3 is 5.32 Å². The lowest BCUT2D eigenvalue weighted by atomic mass is 10.2. The van der Waals surface area contributed by atoms with Gasteiger partial charge in [0.1, 0.15) is 0 Å². The second-order valence-corrected chi connectivity index (χ2v) is 3.77. The molecule has 0 spiro atoms. The molecule has 1 unspecified atom stereocenters. The topological polar surface area (TPSA) is 29.1 Å². The Balaban J connectivity index is 3.14. The summed E-state index contributed by atoms with van der Waals surface area (Å²) in [5, 5.41) is 3.06. The maximum atomic E-state index is 10.9. The summed E-state index contributed by atoms with van der Waals surface area (Å²) in [7, 11) is 0. The highest BCUT2D eigenvalue weighted by molar-refractivity contribution is 6.20. The molecule has 1 atom stereocenters. The van der Waals surface area contributed by atoms with Gasteiger partial charge in [-0.25, -0.2) is 0 Å². The molecule has 0 aliphatic rings. The molecule has 0 fully saturated rings. The number of halogens is 1. The van der Waals surface area contributed by atoms with Crippen molar-refractivity contribution >= 4 is 17.5 Å². The van der Waals surface area contributed by atoms with Gasteiger partial charge in [0.05, 0.1) is 0 Å². The summed E-state index contributed by atoms with van der Waals surface area (Å²) in [5.41, 5.74) is 0. The Bertz CT molecular complexity index is 126. The summed E-state index contributed by atoms with van der Waals surface area (Å²) in [6.45, 7) is 4.73. The Kier molecular flexibility index (Phi) is 7.26. The molecule has 0 aromatic rings. The van der Waals surface area contributed by atoms with Crippen LogP contribution < -0.4 is 5.32 Å². The summed E-state index contributed by atoms with van der Waals surface area (Å²) < 4.78 is 0. The molecular formula is C9H18ClNO. The maximum Gasteiger partial charge on any atom is 0.219 e. The van der Waals surface area contributed by atoms with Crippen LogP contribution in [0.25, 0.3) is 0 Å². The van der Waals surface area contributed by atoms with E-state index in [0.29, 0.717) is 6.42 Å². The first-order chi connectivity index (χ1) is 5.66. The van der Waals surface area contributed by atoms with Gasteiger partial charge in [0.2, 0.25) is 5.91 Å². The van der Waals surface area contributed by atoms with Gasteiger partial charge in [-0.2, -0.15) is 0 Å². The second kappa shape index (κ2) is 7.41. The number of rotatable bonds is 6. The Morgan fingerprint density at radius 2 is 2.25 bits per heavy atom. The molecule has 0 aromatic carbocycles. The highest BCUT2D eigenvalue weighted by Crippen LogP contribution is 2.02. The standard InChI is InChI=1S/C9H18ClNO/c1-3-5-9(12)11-7-4-6-8(2)10/h8H,3-7H2,1-2H3,(H,11,12). The molecule has 0 radical (unpaired) electrons. The molecule has 1 N–H and O–H groups in total. The molecule has 0 aromatic heterocycles. The van der Waals surface area contributed by atoms with Gasteiger partial charge in [-0.3, -0.25) is 4.79 Å². The molecule has 0 heterocycles. The second-order valence-electron chi connectivity index (χ2n) is 3.02. The largest absolute Gasteiger partial charge is 0.356 e. The van der Waals surface area contributed by atoms with E-state index in [4.69, 9.17) is 11.6 Å². The van der Waals surface area contributed by atoms with Crippen LogP contribution in [0.4, 0.5) is 0 Å². The average molecular weight is 192 g/mol. The van der Waals surface area contributed by atoms with Crippen molar-refractivity contribution in [3.8, 4) is 0 Å². The average Bonchev–Trinajstić information content (AvgIpc) is 1.98. The van der Waals surface area contributed by atoms with Crippen LogP contribution in [0.1, 0.15) is 39.5 Å². The monoisotopic (exact) mass is 191 g/mol. The molecule has 0 saturated heterocycles. The van der Waals surface area contributed by atoms with Crippen LogP contribution in [-0.2, 0) is 4.79 Å². The number of amides is 1. The molecule has 0 rings (SSSR count). The van der Waals surface area contributed by atoms with E-state index in [9.17, 15) is 4.79 Å². The van der Waals surface area contributed by atoms with Crippen molar-refractivity contribution in [3.05, 3.63) is 0 Å². The van der Waals surface area contributed by atoms with Gasteiger partial charge in [-0.1, -0.05) is 6.92 Å². The highest BCUT2D eigenvalue weighted by atomic mass is 35.5. The zero-order valence-electron chi connectivity index (χ0n) is 7.90. The number of alkyl halides is 1. The third kappa shape index (κ3) is 7.86. The summed E-state index contributed by atoms with van der Waals surface area (Å²) in [5.74, 6) is 0.153. The quantitative estimate of drug-likeness (QED) is 0.507. The van der Waals surface area contributed by atoms with Crippen molar-refractivity contribution < 1.29 is 4.79 Å². The summed E-state index contributed by atoms with van der Waals surface area (Å²) >= 11 is 5.74. The van der Waals surface area contributed by atoms with Crippen LogP contribution in [0.5, 0.6) is 0 Å². The number of carbonyl (C=O) groups excluding carboxylic acids is 1. The van der Waals surface area contributed by atoms with Crippen molar-refractivity contribution in [1.29, 1.82) is 0 Å². The lowest BCUT2D eigenvalue weighted by molar-refractivity contribution is -0.121. The highest BCUT2D eigenvalue weighted by Gasteiger charge is 1.99. The van der Waals surface area contributed by atoms with Crippen LogP contribution in [0, 0.1) is 0 Å². The Morgan fingerprint density at radius 3 is 2.75 bits per heavy atom. The van der Waals surface area contributed by atoms with E-state index < -0.39 is 0 Å². The third-order valence-corrected chi connectivity index (χ3v) is 1.80. The zero-order valence-corrected chi connectivity index (χ0v) is 8.66. The van der Waals surface area contributed by atoms with Crippen LogP contribution in [0.2, 0.25) is 0 Å². The lowest BCUT2D eigenvalue weighted by Gasteiger charge is -2.04. The fraction of sp³-hybridized carbons (Fsp3) is 0.889. The molecule has 3 heteroatoms. The molecule has 0 aliphatic heterocycles. The van der Waals surface area contributed by atoms with Crippen LogP contribution >= 0.6 is 11.6 Å². The third-order valence-electron chi connectivity index (χ3n) is 1.58. The summed E-state index contributed by atoms with van der Waals surface area (Å²) in [4.78, 5) is 10.9. The van der Waals surface area contributed by atoms with Crippen molar-refractivity contribution in [3.63, 3.8) is 0 Å². The summed E-state index contributed by atoms with van der Waals surface area (Å²) in [6, 6.07) is 0. The van der Waals surface area contributed by atoms with E-state index in [-0.39, 0.29) is 11.3 Å². The molecule has 72 valence electrons. The molecule has 12 heavy (non-hydrogen) atoms. The maximum absolute atomic E-state index is 10.9. The molecular weight excluding hydrogens is 174 g/mol. The van der Waals surface area contributed by atoms with E-state index in [1.165, 1.54) is 0 Å². The van der Waals surface area contributed by atoms with Gasteiger partial charge in [-0.05, 0) is 26.2 Å².